The van der Waals surface area contributed by atoms with Crippen molar-refractivity contribution in [2.75, 3.05) is 5.32 Å². The molecule has 3 rings (SSSR count). The van der Waals surface area contributed by atoms with Crippen LogP contribution in [0.1, 0.15) is 23.2 Å². The minimum absolute atomic E-state index is 0.0292. The first-order valence-corrected chi connectivity index (χ1v) is 7.77. The number of thiazole rings is 1. The highest BCUT2D eigenvalue weighted by Gasteiger charge is 2.25. The van der Waals surface area contributed by atoms with Gasteiger partial charge in [0.1, 0.15) is 5.76 Å². The summed E-state index contributed by atoms with van der Waals surface area (Å²) >= 11 is 7.28. The monoisotopic (exact) mass is 354 g/mol. The molecule has 1 amide bonds. The number of esters is 1. The second kappa shape index (κ2) is 6.01. The molecule has 0 bridgehead atoms. The summed E-state index contributed by atoms with van der Waals surface area (Å²) in [6, 6.07) is 1.55. The lowest BCUT2D eigenvalue weighted by Crippen LogP contribution is -2.30. The first kappa shape index (κ1) is 15.5. The van der Waals surface area contributed by atoms with Gasteiger partial charge in [-0.3, -0.25) is 9.20 Å². The smallest absolute Gasteiger partial charge is 0.359 e. The number of hydrogen-bond acceptors (Lipinski definition) is 7. The maximum Gasteiger partial charge on any atom is 0.359 e. The quantitative estimate of drug-likeness (QED) is 0.723. The number of nitrogens with one attached hydrogen (secondary N) is 1. The Hall–Kier alpha value is -2.39. The standard InChI is InChI=1S/C13H11ClN4O4S/c1-6-5-8(17-22-6)15-11(19)7(2)21-12(20)9-10(14)16-13-18(9)3-4-23-13/h3-5,7H,1-2H3,(H,15,17,19)/t7-/m0/s1. The predicted molar refractivity (Wildman–Crippen MR) is 82.8 cm³/mol. The van der Waals surface area contributed by atoms with Crippen LogP contribution < -0.4 is 5.32 Å². The molecule has 0 aliphatic rings. The van der Waals surface area contributed by atoms with E-state index in [1.807, 2.05) is 0 Å². The predicted octanol–water partition coefficient (Wildman–Crippen LogP) is 2.53. The van der Waals surface area contributed by atoms with E-state index in [1.165, 1.54) is 22.7 Å². The molecular formula is C13H11ClN4O4S. The summed E-state index contributed by atoms with van der Waals surface area (Å²) in [5.74, 6) is -0.470. The van der Waals surface area contributed by atoms with Crippen molar-refractivity contribution in [3.8, 4) is 0 Å². The van der Waals surface area contributed by atoms with Gasteiger partial charge in [0.05, 0.1) is 0 Å². The Morgan fingerprint density at radius 1 is 1.52 bits per heavy atom. The van der Waals surface area contributed by atoms with Crippen molar-refractivity contribution in [3.63, 3.8) is 0 Å². The number of halogens is 1. The molecule has 3 aromatic rings. The molecule has 0 unspecified atom stereocenters. The molecule has 0 aromatic carbocycles. The molecule has 3 aromatic heterocycles. The van der Waals surface area contributed by atoms with Crippen LogP contribution in [0, 0.1) is 6.92 Å². The second-order valence-corrected chi connectivity index (χ2v) is 5.90. The van der Waals surface area contributed by atoms with Gasteiger partial charge in [0, 0.05) is 17.6 Å². The zero-order valence-corrected chi connectivity index (χ0v) is 13.6. The lowest BCUT2D eigenvalue weighted by Gasteiger charge is -2.11. The van der Waals surface area contributed by atoms with Gasteiger partial charge in [-0.15, -0.1) is 11.3 Å². The van der Waals surface area contributed by atoms with Crippen LogP contribution in [-0.4, -0.2) is 32.5 Å². The van der Waals surface area contributed by atoms with E-state index in [4.69, 9.17) is 20.9 Å². The molecular weight excluding hydrogens is 344 g/mol. The SMILES string of the molecule is Cc1cc(NC(=O)[C@H](C)OC(=O)c2c(Cl)nc3sccn23)no1. The van der Waals surface area contributed by atoms with Gasteiger partial charge in [-0.25, -0.2) is 9.78 Å². The minimum Gasteiger partial charge on any atom is -0.448 e. The number of ether oxygens (including phenoxy) is 1. The molecule has 1 atom stereocenters. The zero-order valence-electron chi connectivity index (χ0n) is 12.1. The van der Waals surface area contributed by atoms with E-state index in [0.717, 1.165) is 0 Å². The first-order chi connectivity index (χ1) is 11.0. The van der Waals surface area contributed by atoms with Crippen LogP contribution in [0.3, 0.4) is 0 Å². The number of aryl methyl sites for hydroxylation is 1. The van der Waals surface area contributed by atoms with Gasteiger partial charge in [0.2, 0.25) is 0 Å². The highest BCUT2D eigenvalue weighted by atomic mass is 35.5. The summed E-state index contributed by atoms with van der Waals surface area (Å²) in [4.78, 5) is 28.8. The van der Waals surface area contributed by atoms with Crippen molar-refractivity contribution in [1.82, 2.24) is 14.5 Å². The first-order valence-electron chi connectivity index (χ1n) is 6.52. The van der Waals surface area contributed by atoms with Crippen LogP contribution in [0.15, 0.2) is 22.2 Å². The fraction of sp³-hybridized carbons (Fsp3) is 0.231. The summed E-state index contributed by atoms with van der Waals surface area (Å²) in [5, 5.41) is 7.91. The van der Waals surface area contributed by atoms with Crippen molar-refractivity contribution in [1.29, 1.82) is 0 Å². The van der Waals surface area contributed by atoms with Crippen molar-refractivity contribution < 1.29 is 18.8 Å². The Balaban J connectivity index is 1.70. The number of nitrogens with zero attached hydrogens (tertiary/aromatic N) is 3. The second-order valence-electron chi connectivity index (χ2n) is 4.67. The van der Waals surface area contributed by atoms with E-state index in [9.17, 15) is 9.59 Å². The summed E-state index contributed by atoms with van der Waals surface area (Å²) < 4.78 is 11.5. The fourth-order valence-corrected chi connectivity index (χ4v) is 2.88. The van der Waals surface area contributed by atoms with Crippen molar-refractivity contribution in [3.05, 3.63) is 34.3 Å². The molecule has 23 heavy (non-hydrogen) atoms. The van der Waals surface area contributed by atoms with E-state index in [0.29, 0.717) is 10.7 Å². The number of anilines is 1. The summed E-state index contributed by atoms with van der Waals surface area (Å²) in [6.07, 6.45) is 0.609. The van der Waals surface area contributed by atoms with Gasteiger partial charge in [0.25, 0.3) is 5.91 Å². The van der Waals surface area contributed by atoms with E-state index < -0.39 is 18.0 Å². The third-order valence-electron chi connectivity index (χ3n) is 2.95. The summed E-state index contributed by atoms with van der Waals surface area (Å²) in [5.41, 5.74) is 0.0832. The van der Waals surface area contributed by atoms with Crippen molar-refractivity contribution >= 4 is 45.6 Å². The number of rotatable bonds is 4. The molecule has 10 heteroatoms. The number of imidazole rings is 1. The molecule has 0 aliphatic carbocycles. The molecule has 0 saturated heterocycles. The van der Waals surface area contributed by atoms with Gasteiger partial charge in [-0.1, -0.05) is 16.8 Å². The largest absolute Gasteiger partial charge is 0.448 e. The van der Waals surface area contributed by atoms with Crippen LogP contribution in [0.5, 0.6) is 0 Å². The van der Waals surface area contributed by atoms with Crippen LogP contribution in [0.4, 0.5) is 5.82 Å². The molecule has 120 valence electrons. The van der Waals surface area contributed by atoms with Gasteiger partial charge in [-0.05, 0) is 13.8 Å². The summed E-state index contributed by atoms with van der Waals surface area (Å²) in [6.45, 7) is 3.14. The Kier molecular flexibility index (Phi) is 4.05. The van der Waals surface area contributed by atoms with Crippen LogP contribution in [0.2, 0.25) is 5.15 Å². The van der Waals surface area contributed by atoms with Crippen molar-refractivity contribution in [2.45, 2.75) is 20.0 Å². The highest BCUT2D eigenvalue weighted by Crippen LogP contribution is 2.22. The lowest BCUT2D eigenvalue weighted by atomic mass is 10.3. The number of aromatic nitrogens is 3. The molecule has 0 fully saturated rings. The summed E-state index contributed by atoms with van der Waals surface area (Å²) in [7, 11) is 0. The van der Waals surface area contributed by atoms with Crippen LogP contribution in [0.25, 0.3) is 4.96 Å². The lowest BCUT2D eigenvalue weighted by molar-refractivity contribution is -0.123. The Morgan fingerprint density at radius 3 is 3.00 bits per heavy atom. The number of hydrogen-bond donors (Lipinski definition) is 1. The van der Waals surface area contributed by atoms with Crippen LogP contribution in [-0.2, 0) is 9.53 Å². The molecule has 0 saturated carbocycles. The Morgan fingerprint density at radius 2 is 2.30 bits per heavy atom. The van der Waals surface area contributed by atoms with E-state index in [1.54, 1.807) is 24.6 Å². The van der Waals surface area contributed by atoms with Gasteiger partial charge < -0.3 is 14.6 Å². The number of fused-ring (bicyclic) bond motifs is 1. The topological polar surface area (TPSA) is 98.7 Å². The highest BCUT2D eigenvalue weighted by molar-refractivity contribution is 7.15. The molecule has 0 radical (unpaired) electrons. The molecule has 0 aliphatic heterocycles. The van der Waals surface area contributed by atoms with E-state index in [-0.39, 0.29) is 16.7 Å². The average molecular weight is 355 g/mol. The Labute approximate surface area is 139 Å². The van der Waals surface area contributed by atoms with Crippen LogP contribution >= 0.6 is 22.9 Å². The van der Waals surface area contributed by atoms with E-state index >= 15 is 0 Å². The Bertz CT molecular complexity index is 884. The molecule has 1 N–H and O–H groups in total. The minimum atomic E-state index is -1.04. The van der Waals surface area contributed by atoms with Gasteiger partial charge in [-0.2, -0.15) is 0 Å². The third kappa shape index (κ3) is 3.06. The maximum atomic E-state index is 12.2. The number of carbonyl (C=O) groups is 2. The maximum absolute atomic E-state index is 12.2. The average Bonchev–Trinajstić information content (AvgIpc) is 3.14. The third-order valence-corrected chi connectivity index (χ3v) is 3.97. The fourth-order valence-electron chi connectivity index (χ4n) is 1.87. The normalized spacial score (nSPS) is 12.3. The van der Waals surface area contributed by atoms with Gasteiger partial charge in [0.15, 0.2) is 27.7 Å². The number of amides is 1. The molecule has 8 nitrogen and oxygen atoms in total. The zero-order chi connectivity index (χ0) is 16.6. The molecule has 3 heterocycles. The van der Waals surface area contributed by atoms with Crippen molar-refractivity contribution in [2.24, 2.45) is 0 Å². The number of carbonyl (C=O) groups excluding carboxylic acids is 2. The van der Waals surface area contributed by atoms with E-state index in [2.05, 4.69) is 15.5 Å². The molecule has 0 spiro atoms. The van der Waals surface area contributed by atoms with Gasteiger partial charge >= 0.3 is 5.97 Å².